The van der Waals surface area contributed by atoms with Crippen LogP contribution in [-0.2, 0) is 10.0 Å². The van der Waals surface area contributed by atoms with E-state index in [0.717, 1.165) is 12.8 Å². The number of hydrogen-bond donors (Lipinski definition) is 2. The van der Waals surface area contributed by atoms with Gasteiger partial charge >= 0.3 is 0 Å². The van der Waals surface area contributed by atoms with Gasteiger partial charge in [-0.15, -0.1) is 0 Å². The molecule has 1 aromatic carbocycles. The van der Waals surface area contributed by atoms with Gasteiger partial charge in [0.05, 0.1) is 10.6 Å². The van der Waals surface area contributed by atoms with Crippen molar-refractivity contribution in [3.8, 4) is 0 Å². The summed E-state index contributed by atoms with van der Waals surface area (Å²) in [7, 11) is -2.15. The lowest BCUT2D eigenvalue weighted by Crippen LogP contribution is -2.29. The average Bonchev–Trinajstić information content (AvgIpc) is 3.14. The number of nitro benzene ring substituents is 1. The predicted molar refractivity (Wildman–Crippen MR) is 75.2 cm³/mol. The second-order valence-corrected chi connectivity index (χ2v) is 7.06. The topological polar surface area (TPSA) is 101 Å². The number of sulfonamides is 1. The van der Waals surface area contributed by atoms with Crippen molar-refractivity contribution in [1.82, 2.24) is 4.72 Å². The van der Waals surface area contributed by atoms with E-state index in [1.807, 2.05) is 6.92 Å². The standard InChI is InChI=1S/C12H17N3O4S/c1-12(5-6-12)8-14-20(18,19)11-4-3-9(15(16)17)7-10(11)13-2/h3-4,7,13-14H,5-6,8H2,1-2H3. The molecule has 1 aromatic rings. The third-order valence-electron chi connectivity index (χ3n) is 3.53. The monoisotopic (exact) mass is 299 g/mol. The minimum atomic E-state index is -3.67. The molecule has 0 spiro atoms. The zero-order valence-electron chi connectivity index (χ0n) is 11.3. The van der Waals surface area contributed by atoms with Gasteiger partial charge in [0.15, 0.2) is 0 Å². The Morgan fingerprint density at radius 1 is 1.40 bits per heavy atom. The molecule has 0 amide bonds. The molecule has 20 heavy (non-hydrogen) atoms. The maximum Gasteiger partial charge on any atom is 0.271 e. The number of anilines is 1. The fourth-order valence-electron chi connectivity index (χ4n) is 1.80. The number of non-ortho nitro benzene ring substituents is 1. The summed E-state index contributed by atoms with van der Waals surface area (Å²) in [4.78, 5) is 10.2. The minimum absolute atomic E-state index is 0.0230. The summed E-state index contributed by atoms with van der Waals surface area (Å²) in [6, 6.07) is 3.66. The quantitative estimate of drug-likeness (QED) is 0.615. The van der Waals surface area contributed by atoms with Crippen molar-refractivity contribution in [3.63, 3.8) is 0 Å². The van der Waals surface area contributed by atoms with Crippen molar-refractivity contribution in [1.29, 1.82) is 0 Å². The maximum absolute atomic E-state index is 12.2. The molecular formula is C12H17N3O4S. The van der Waals surface area contributed by atoms with E-state index in [0.29, 0.717) is 6.54 Å². The van der Waals surface area contributed by atoms with Crippen molar-refractivity contribution in [3.05, 3.63) is 28.3 Å². The van der Waals surface area contributed by atoms with E-state index in [1.54, 1.807) is 0 Å². The van der Waals surface area contributed by atoms with Crippen molar-refractivity contribution in [2.75, 3.05) is 18.9 Å². The maximum atomic E-state index is 12.2. The predicted octanol–water partition coefficient (Wildman–Crippen LogP) is 1.71. The number of benzene rings is 1. The van der Waals surface area contributed by atoms with Crippen LogP contribution in [0, 0.1) is 15.5 Å². The molecule has 0 radical (unpaired) electrons. The van der Waals surface area contributed by atoms with Gasteiger partial charge in [0.2, 0.25) is 10.0 Å². The lowest BCUT2D eigenvalue weighted by molar-refractivity contribution is -0.384. The SMILES string of the molecule is CNc1cc([N+](=O)[O-])ccc1S(=O)(=O)NCC1(C)CC1. The zero-order valence-corrected chi connectivity index (χ0v) is 12.2. The first-order valence-electron chi connectivity index (χ1n) is 6.23. The Morgan fingerprint density at radius 3 is 2.55 bits per heavy atom. The van der Waals surface area contributed by atoms with Crippen LogP contribution in [0.5, 0.6) is 0 Å². The summed E-state index contributed by atoms with van der Waals surface area (Å²) >= 11 is 0. The molecule has 0 aliphatic heterocycles. The van der Waals surface area contributed by atoms with Crippen LogP contribution in [0.15, 0.2) is 23.1 Å². The summed E-state index contributed by atoms with van der Waals surface area (Å²) in [5.74, 6) is 0. The Balaban J connectivity index is 2.28. The second-order valence-electron chi connectivity index (χ2n) is 5.32. The molecule has 8 heteroatoms. The molecule has 1 saturated carbocycles. The van der Waals surface area contributed by atoms with Crippen molar-refractivity contribution in [2.45, 2.75) is 24.7 Å². The van der Waals surface area contributed by atoms with Gasteiger partial charge in [-0.05, 0) is 24.3 Å². The fourth-order valence-corrected chi connectivity index (χ4v) is 3.19. The molecule has 110 valence electrons. The van der Waals surface area contributed by atoms with Crippen LogP contribution in [0.3, 0.4) is 0 Å². The zero-order chi connectivity index (χ0) is 15.0. The van der Waals surface area contributed by atoms with E-state index in [1.165, 1.54) is 25.2 Å². The molecule has 7 nitrogen and oxygen atoms in total. The Kier molecular flexibility index (Phi) is 3.70. The number of hydrogen-bond acceptors (Lipinski definition) is 5. The molecule has 0 bridgehead atoms. The van der Waals surface area contributed by atoms with E-state index >= 15 is 0 Å². The van der Waals surface area contributed by atoms with Gasteiger partial charge in [-0.3, -0.25) is 10.1 Å². The van der Waals surface area contributed by atoms with E-state index in [4.69, 9.17) is 0 Å². The molecule has 0 atom stereocenters. The van der Waals surface area contributed by atoms with E-state index < -0.39 is 14.9 Å². The number of nitrogens with zero attached hydrogens (tertiary/aromatic N) is 1. The highest BCUT2D eigenvalue weighted by Gasteiger charge is 2.38. The van der Waals surface area contributed by atoms with Gasteiger partial charge in [0.1, 0.15) is 4.90 Å². The van der Waals surface area contributed by atoms with Gasteiger partial charge in [0, 0.05) is 25.7 Å². The summed E-state index contributed by atoms with van der Waals surface area (Å²) in [5.41, 5.74) is 0.114. The van der Waals surface area contributed by atoms with Crippen LogP contribution in [0.25, 0.3) is 0 Å². The van der Waals surface area contributed by atoms with Gasteiger partial charge < -0.3 is 5.32 Å². The minimum Gasteiger partial charge on any atom is -0.387 e. The first-order chi connectivity index (χ1) is 9.27. The average molecular weight is 299 g/mol. The molecule has 0 unspecified atom stereocenters. The lowest BCUT2D eigenvalue weighted by atomic mass is 10.2. The smallest absolute Gasteiger partial charge is 0.271 e. The van der Waals surface area contributed by atoms with Crippen LogP contribution in [-0.4, -0.2) is 26.9 Å². The van der Waals surface area contributed by atoms with Gasteiger partial charge in [0.25, 0.3) is 5.69 Å². The normalized spacial score (nSPS) is 16.7. The molecule has 0 saturated heterocycles. The molecule has 2 rings (SSSR count). The Hall–Kier alpha value is -1.67. The fraction of sp³-hybridized carbons (Fsp3) is 0.500. The highest BCUT2D eigenvalue weighted by molar-refractivity contribution is 7.89. The molecular weight excluding hydrogens is 282 g/mol. The van der Waals surface area contributed by atoms with Crippen LogP contribution >= 0.6 is 0 Å². The summed E-state index contributed by atoms with van der Waals surface area (Å²) in [6.07, 6.45) is 2.02. The highest BCUT2D eigenvalue weighted by Crippen LogP contribution is 2.44. The molecule has 1 aliphatic carbocycles. The van der Waals surface area contributed by atoms with Crippen molar-refractivity contribution in [2.24, 2.45) is 5.41 Å². The summed E-state index contributed by atoms with van der Waals surface area (Å²) in [5, 5.41) is 13.4. The molecule has 1 fully saturated rings. The van der Waals surface area contributed by atoms with E-state index in [2.05, 4.69) is 10.0 Å². The Morgan fingerprint density at radius 2 is 2.05 bits per heavy atom. The van der Waals surface area contributed by atoms with Gasteiger partial charge in [-0.2, -0.15) is 0 Å². The summed E-state index contributed by atoms with van der Waals surface area (Å²) in [6.45, 7) is 2.40. The first-order valence-corrected chi connectivity index (χ1v) is 7.72. The van der Waals surface area contributed by atoms with Crippen molar-refractivity contribution >= 4 is 21.4 Å². The van der Waals surface area contributed by atoms with Crippen LogP contribution in [0.1, 0.15) is 19.8 Å². The first kappa shape index (κ1) is 14.7. The lowest BCUT2D eigenvalue weighted by Gasteiger charge is -2.13. The summed E-state index contributed by atoms with van der Waals surface area (Å²) < 4.78 is 27.1. The third kappa shape index (κ3) is 3.07. The van der Waals surface area contributed by atoms with Crippen LogP contribution < -0.4 is 10.0 Å². The van der Waals surface area contributed by atoms with Crippen LogP contribution in [0.2, 0.25) is 0 Å². The number of nitro groups is 1. The van der Waals surface area contributed by atoms with Crippen LogP contribution in [0.4, 0.5) is 11.4 Å². The Bertz CT molecular complexity index is 638. The van der Waals surface area contributed by atoms with E-state index in [-0.39, 0.29) is 21.7 Å². The van der Waals surface area contributed by atoms with Crippen molar-refractivity contribution < 1.29 is 13.3 Å². The molecule has 0 aromatic heterocycles. The van der Waals surface area contributed by atoms with Gasteiger partial charge in [-0.1, -0.05) is 6.92 Å². The van der Waals surface area contributed by atoms with E-state index in [9.17, 15) is 18.5 Å². The second kappa shape index (κ2) is 5.02. The number of rotatable bonds is 6. The largest absolute Gasteiger partial charge is 0.387 e. The third-order valence-corrected chi connectivity index (χ3v) is 4.98. The van der Waals surface area contributed by atoms with Gasteiger partial charge in [-0.25, -0.2) is 13.1 Å². The molecule has 1 aliphatic rings. The highest BCUT2D eigenvalue weighted by atomic mass is 32.2. The Labute approximate surface area is 117 Å². The number of nitrogens with one attached hydrogen (secondary N) is 2. The molecule has 0 heterocycles. The molecule has 2 N–H and O–H groups in total.